The van der Waals surface area contributed by atoms with E-state index in [1.54, 1.807) is 6.08 Å². The molecule has 1 aliphatic carbocycles. The van der Waals surface area contributed by atoms with Crippen molar-refractivity contribution in [2.45, 2.75) is 65.8 Å². The molecule has 1 N–H and O–H groups in total. The lowest BCUT2D eigenvalue weighted by Crippen LogP contribution is -2.24. The van der Waals surface area contributed by atoms with Crippen molar-refractivity contribution in [3.8, 4) is 5.75 Å². The third-order valence-electron chi connectivity index (χ3n) is 4.45. The maximum atomic E-state index is 12.3. The van der Waals surface area contributed by atoms with Gasteiger partial charge in [-0.05, 0) is 68.1 Å². The zero-order valence-electron chi connectivity index (χ0n) is 16.5. The Balaban J connectivity index is 1.84. The van der Waals surface area contributed by atoms with Crippen LogP contribution in [-0.4, -0.2) is 15.0 Å². The molecule has 1 aliphatic rings. The Bertz CT molecular complexity index is 700. The fourth-order valence-electron chi connectivity index (χ4n) is 2.67. The third kappa shape index (κ3) is 8.37. The van der Waals surface area contributed by atoms with Gasteiger partial charge in [-0.1, -0.05) is 39.0 Å². The van der Waals surface area contributed by atoms with Crippen LogP contribution in [0.15, 0.2) is 35.7 Å². The number of rotatable bonds is 10. The van der Waals surface area contributed by atoms with Gasteiger partial charge in [0, 0.05) is 11.4 Å². The van der Waals surface area contributed by atoms with Crippen molar-refractivity contribution in [3.63, 3.8) is 0 Å². The van der Waals surface area contributed by atoms with E-state index in [0.717, 1.165) is 37.2 Å². The summed E-state index contributed by atoms with van der Waals surface area (Å²) in [6, 6.07) is 7.36. The third-order valence-corrected chi connectivity index (χ3v) is 5.69. The van der Waals surface area contributed by atoms with Crippen LogP contribution in [0.5, 0.6) is 5.75 Å². The second-order valence-corrected chi connectivity index (χ2v) is 10.1. The highest BCUT2D eigenvalue weighted by Crippen LogP contribution is 2.30. The molecule has 146 valence electrons. The quantitative estimate of drug-likeness (QED) is 0.569. The van der Waals surface area contributed by atoms with Crippen molar-refractivity contribution >= 4 is 10.0 Å². The van der Waals surface area contributed by atoms with Gasteiger partial charge in [0.15, 0.2) is 0 Å². The van der Waals surface area contributed by atoms with Crippen LogP contribution in [0.4, 0.5) is 0 Å². The summed E-state index contributed by atoms with van der Waals surface area (Å²) in [5.74, 6) is 1.50. The highest BCUT2D eigenvalue weighted by molar-refractivity contribution is 7.92. The molecule has 1 fully saturated rings. The normalized spacial score (nSPS) is 16.8. The van der Waals surface area contributed by atoms with E-state index in [9.17, 15) is 8.42 Å². The fraction of sp³-hybridized carbons (Fsp3) is 0.619. The SMILES string of the molecule is C[C@@H](NS(=O)(=O)/C=C/CCCC(C)(C)C)c1cccc(OCC2CC2)c1. The predicted molar refractivity (Wildman–Crippen MR) is 108 cm³/mol. The summed E-state index contributed by atoms with van der Waals surface area (Å²) >= 11 is 0. The van der Waals surface area contributed by atoms with E-state index < -0.39 is 10.0 Å². The number of hydrogen-bond acceptors (Lipinski definition) is 3. The monoisotopic (exact) mass is 379 g/mol. The zero-order chi connectivity index (χ0) is 19.2. The first-order valence-corrected chi connectivity index (χ1v) is 11.1. The number of ether oxygens (including phenoxy) is 1. The minimum Gasteiger partial charge on any atom is -0.493 e. The first-order valence-electron chi connectivity index (χ1n) is 9.56. The molecule has 1 saturated carbocycles. The van der Waals surface area contributed by atoms with E-state index in [-0.39, 0.29) is 11.5 Å². The average molecular weight is 380 g/mol. The molecule has 0 amide bonds. The summed E-state index contributed by atoms with van der Waals surface area (Å²) in [5.41, 5.74) is 1.19. The molecule has 1 aromatic rings. The maximum absolute atomic E-state index is 12.3. The molecule has 26 heavy (non-hydrogen) atoms. The summed E-state index contributed by atoms with van der Waals surface area (Å²) in [6.07, 6.45) is 7.09. The molecule has 5 heteroatoms. The molecular formula is C21H33NO3S. The van der Waals surface area contributed by atoms with E-state index in [0.29, 0.717) is 5.92 Å². The lowest BCUT2D eigenvalue weighted by Gasteiger charge is -2.16. The maximum Gasteiger partial charge on any atom is 0.233 e. The van der Waals surface area contributed by atoms with Crippen LogP contribution in [-0.2, 0) is 10.0 Å². The van der Waals surface area contributed by atoms with Crippen molar-refractivity contribution in [2.75, 3.05) is 6.61 Å². The minimum absolute atomic E-state index is 0.284. The van der Waals surface area contributed by atoms with E-state index >= 15 is 0 Å². The van der Waals surface area contributed by atoms with Crippen molar-refractivity contribution < 1.29 is 13.2 Å². The minimum atomic E-state index is -3.44. The standard InChI is InChI=1S/C21H33NO3S/c1-17(19-9-8-10-20(15-19)25-16-18-11-12-18)22-26(23,24)14-7-5-6-13-21(2,3)4/h7-10,14-15,17-18,22H,5-6,11-13,16H2,1-4H3/b14-7+/t17-/m1/s1. The van der Waals surface area contributed by atoms with Gasteiger partial charge in [0.2, 0.25) is 10.0 Å². The molecule has 0 heterocycles. The van der Waals surface area contributed by atoms with Gasteiger partial charge >= 0.3 is 0 Å². The second kappa shape index (κ2) is 9.05. The van der Waals surface area contributed by atoms with Gasteiger partial charge < -0.3 is 4.74 Å². The molecule has 0 unspecified atom stereocenters. The molecule has 0 bridgehead atoms. The molecule has 0 aliphatic heterocycles. The van der Waals surface area contributed by atoms with Crippen molar-refractivity contribution in [1.82, 2.24) is 4.72 Å². The van der Waals surface area contributed by atoms with Crippen LogP contribution in [0, 0.1) is 11.3 Å². The van der Waals surface area contributed by atoms with Crippen LogP contribution in [0.25, 0.3) is 0 Å². The van der Waals surface area contributed by atoms with Gasteiger partial charge in [-0.2, -0.15) is 0 Å². The molecule has 0 aromatic heterocycles. The van der Waals surface area contributed by atoms with Crippen molar-refractivity contribution in [3.05, 3.63) is 41.3 Å². The summed E-state index contributed by atoms with van der Waals surface area (Å²) in [4.78, 5) is 0. The first kappa shape index (κ1) is 21.0. The van der Waals surface area contributed by atoms with Crippen molar-refractivity contribution in [1.29, 1.82) is 0 Å². The molecule has 0 saturated heterocycles. The smallest absolute Gasteiger partial charge is 0.233 e. The van der Waals surface area contributed by atoms with Gasteiger partial charge in [-0.3, -0.25) is 0 Å². The highest BCUT2D eigenvalue weighted by Gasteiger charge is 2.22. The molecule has 0 radical (unpaired) electrons. The van der Waals surface area contributed by atoms with E-state index in [2.05, 4.69) is 25.5 Å². The van der Waals surface area contributed by atoms with Gasteiger partial charge in [-0.15, -0.1) is 0 Å². The number of nitrogens with one attached hydrogen (secondary N) is 1. The average Bonchev–Trinajstić information content (AvgIpc) is 3.35. The Labute approximate surface area is 159 Å². The molecule has 0 spiro atoms. The molecular weight excluding hydrogens is 346 g/mol. The van der Waals surface area contributed by atoms with Gasteiger partial charge in [0.1, 0.15) is 5.75 Å². The number of hydrogen-bond donors (Lipinski definition) is 1. The Morgan fingerprint density at radius 3 is 2.69 bits per heavy atom. The number of sulfonamides is 1. The number of unbranched alkanes of at least 4 members (excludes halogenated alkanes) is 1. The Morgan fingerprint density at radius 1 is 1.31 bits per heavy atom. The Hall–Kier alpha value is -1.33. The van der Waals surface area contributed by atoms with Gasteiger partial charge in [0.05, 0.1) is 6.61 Å². The number of allylic oxidation sites excluding steroid dienone is 1. The van der Waals surface area contributed by atoms with Crippen LogP contribution < -0.4 is 9.46 Å². The largest absolute Gasteiger partial charge is 0.493 e. The van der Waals surface area contributed by atoms with Crippen LogP contribution >= 0.6 is 0 Å². The molecule has 1 aromatic carbocycles. The van der Waals surface area contributed by atoms with Gasteiger partial charge in [0.25, 0.3) is 0 Å². The Kier molecular flexibility index (Phi) is 7.30. The second-order valence-electron chi connectivity index (χ2n) is 8.54. The van der Waals surface area contributed by atoms with Crippen LogP contribution in [0.3, 0.4) is 0 Å². The highest BCUT2D eigenvalue weighted by atomic mass is 32.2. The summed E-state index contributed by atoms with van der Waals surface area (Å²) in [7, 11) is -3.44. The van der Waals surface area contributed by atoms with E-state index in [1.807, 2.05) is 31.2 Å². The predicted octanol–water partition coefficient (Wildman–Crippen LogP) is 5.19. The van der Waals surface area contributed by atoms with Crippen molar-refractivity contribution in [2.24, 2.45) is 11.3 Å². The number of benzene rings is 1. The molecule has 2 rings (SSSR count). The van der Waals surface area contributed by atoms with E-state index in [1.165, 1.54) is 18.2 Å². The van der Waals surface area contributed by atoms with E-state index in [4.69, 9.17) is 4.74 Å². The first-order chi connectivity index (χ1) is 12.1. The summed E-state index contributed by atoms with van der Waals surface area (Å²) in [6.45, 7) is 9.18. The molecule has 1 atom stereocenters. The van der Waals surface area contributed by atoms with Crippen LogP contribution in [0.2, 0.25) is 0 Å². The molecule has 4 nitrogen and oxygen atoms in total. The van der Waals surface area contributed by atoms with Gasteiger partial charge in [-0.25, -0.2) is 13.1 Å². The lowest BCUT2D eigenvalue weighted by atomic mass is 9.90. The summed E-state index contributed by atoms with van der Waals surface area (Å²) < 4.78 is 33.0. The van der Waals surface area contributed by atoms with Crippen LogP contribution in [0.1, 0.15) is 71.4 Å². The summed E-state index contributed by atoms with van der Waals surface area (Å²) in [5, 5.41) is 1.29. The Morgan fingerprint density at radius 2 is 2.04 bits per heavy atom. The topological polar surface area (TPSA) is 55.4 Å². The lowest BCUT2D eigenvalue weighted by molar-refractivity contribution is 0.299. The fourth-order valence-corrected chi connectivity index (χ4v) is 3.77. The zero-order valence-corrected chi connectivity index (χ0v) is 17.3.